The minimum absolute atomic E-state index is 0.275. The zero-order valence-corrected chi connectivity index (χ0v) is 16.5. The number of carbonyl (C=O) groups is 1. The average molecular weight is 403 g/mol. The summed E-state index contributed by atoms with van der Waals surface area (Å²) in [4.78, 5) is 27.7. The number of para-hydroxylation sites is 1. The van der Waals surface area contributed by atoms with E-state index in [0.717, 1.165) is 0 Å². The lowest BCUT2D eigenvalue weighted by Gasteiger charge is -2.23. The van der Waals surface area contributed by atoms with Crippen LogP contribution in [-0.4, -0.2) is 34.1 Å². The van der Waals surface area contributed by atoms with Crippen LogP contribution in [0, 0.1) is 0 Å². The lowest BCUT2D eigenvalue weighted by Crippen LogP contribution is -2.38. The van der Waals surface area contributed by atoms with E-state index >= 15 is 0 Å². The Balaban J connectivity index is 2.22. The first kappa shape index (κ1) is 19.3. The molecule has 1 N–H and O–H groups in total. The zero-order chi connectivity index (χ0) is 19.6. The van der Waals surface area contributed by atoms with Gasteiger partial charge in [-0.1, -0.05) is 35.9 Å². The summed E-state index contributed by atoms with van der Waals surface area (Å²) < 4.78 is 1.34. The second-order valence-electron chi connectivity index (χ2n) is 6.01. The van der Waals surface area contributed by atoms with Crippen molar-refractivity contribution in [2.24, 2.45) is 7.05 Å². The van der Waals surface area contributed by atoms with Crippen molar-refractivity contribution in [3.8, 4) is 5.75 Å². The summed E-state index contributed by atoms with van der Waals surface area (Å²) >= 11 is 7.83. The minimum Gasteiger partial charge on any atom is -0.506 e. The number of carbonyl (C=O) groups excluding carboxylic acids is 1. The van der Waals surface area contributed by atoms with Gasteiger partial charge in [-0.2, -0.15) is 11.8 Å². The topological polar surface area (TPSA) is 62.5 Å². The van der Waals surface area contributed by atoms with Crippen LogP contribution >= 0.6 is 23.4 Å². The maximum absolute atomic E-state index is 13.3. The van der Waals surface area contributed by atoms with Gasteiger partial charge in [0.15, 0.2) is 0 Å². The Bertz CT molecular complexity index is 1050. The Morgan fingerprint density at radius 3 is 2.56 bits per heavy atom. The smallest absolute Gasteiger partial charge is 0.267 e. The Kier molecular flexibility index (Phi) is 5.77. The van der Waals surface area contributed by atoms with E-state index < -0.39 is 11.5 Å². The molecule has 7 heteroatoms. The van der Waals surface area contributed by atoms with E-state index in [4.69, 9.17) is 11.6 Å². The lowest BCUT2D eigenvalue weighted by atomic mass is 10.1. The number of benzene rings is 2. The van der Waals surface area contributed by atoms with Crippen molar-refractivity contribution in [2.75, 3.05) is 23.5 Å². The summed E-state index contributed by atoms with van der Waals surface area (Å²) in [5.74, 6) is -0.236. The maximum Gasteiger partial charge on any atom is 0.267 e. The molecule has 1 aromatic heterocycles. The summed E-state index contributed by atoms with van der Waals surface area (Å²) in [5.41, 5.74) is 0.301. The van der Waals surface area contributed by atoms with Gasteiger partial charge in [0.1, 0.15) is 11.3 Å². The Morgan fingerprint density at radius 2 is 1.89 bits per heavy atom. The van der Waals surface area contributed by atoms with Gasteiger partial charge in [0.05, 0.1) is 15.9 Å². The predicted octanol–water partition coefficient (Wildman–Crippen LogP) is 3.91. The van der Waals surface area contributed by atoms with E-state index in [0.29, 0.717) is 28.9 Å². The van der Waals surface area contributed by atoms with Crippen LogP contribution in [0.3, 0.4) is 0 Å². The number of rotatable bonds is 5. The second-order valence-corrected chi connectivity index (χ2v) is 7.40. The standard InChI is InChI=1S/C20H19ClN2O3S/c1-22-15-10-6-9-14(21)16(15)18(24)17(19(22)25)20(26)23(11-12-27-2)13-7-4-3-5-8-13/h3-10,24H,11-12H2,1-2H3. The van der Waals surface area contributed by atoms with Gasteiger partial charge in [0, 0.05) is 25.0 Å². The molecule has 0 saturated heterocycles. The molecule has 0 radical (unpaired) electrons. The molecule has 0 aliphatic carbocycles. The monoisotopic (exact) mass is 402 g/mol. The van der Waals surface area contributed by atoms with Gasteiger partial charge < -0.3 is 14.6 Å². The number of pyridine rings is 1. The summed E-state index contributed by atoms with van der Waals surface area (Å²) in [6.45, 7) is 0.410. The third-order valence-electron chi connectivity index (χ3n) is 4.39. The highest BCUT2D eigenvalue weighted by Gasteiger charge is 2.27. The summed E-state index contributed by atoms with van der Waals surface area (Å²) in [7, 11) is 1.56. The van der Waals surface area contributed by atoms with Crippen LogP contribution in [0.15, 0.2) is 53.3 Å². The van der Waals surface area contributed by atoms with Crippen LogP contribution in [-0.2, 0) is 7.05 Å². The number of halogens is 1. The number of thioether (sulfide) groups is 1. The highest BCUT2D eigenvalue weighted by atomic mass is 35.5. The SMILES string of the molecule is CSCCN(C(=O)c1c(O)c2c(Cl)cccc2n(C)c1=O)c1ccccc1. The van der Waals surface area contributed by atoms with E-state index in [9.17, 15) is 14.7 Å². The van der Waals surface area contributed by atoms with Crippen molar-refractivity contribution in [3.63, 3.8) is 0 Å². The molecule has 1 amide bonds. The van der Waals surface area contributed by atoms with Crippen molar-refractivity contribution < 1.29 is 9.90 Å². The summed E-state index contributed by atoms with van der Waals surface area (Å²) in [6, 6.07) is 14.1. The third kappa shape index (κ3) is 3.55. The minimum atomic E-state index is -0.558. The highest BCUT2D eigenvalue weighted by molar-refractivity contribution is 7.98. The van der Waals surface area contributed by atoms with Gasteiger partial charge in [0.25, 0.3) is 11.5 Å². The molecule has 3 rings (SSSR count). The molecular weight excluding hydrogens is 384 g/mol. The number of hydrogen-bond donors (Lipinski definition) is 1. The zero-order valence-electron chi connectivity index (χ0n) is 15.0. The summed E-state index contributed by atoms with van der Waals surface area (Å²) in [5, 5.41) is 11.4. The molecule has 140 valence electrons. The van der Waals surface area contributed by atoms with E-state index in [1.165, 1.54) is 9.47 Å². The largest absolute Gasteiger partial charge is 0.506 e. The van der Waals surface area contributed by atoms with Crippen molar-refractivity contribution in [2.45, 2.75) is 0 Å². The third-order valence-corrected chi connectivity index (χ3v) is 5.30. The summed E-state index contributed by atoms with van der Waals surface area (Å²) in [6.07, 6.45) is 1.94. The van der Waals surface area contributed by atoms with Crippen LogP contribution < -0.4 is 10.5 Å². The number of aromatic nitrogens is 1. The molecule has 2 aromatic carbocycles. The van der Waals surface area contributed by atoms with Gasteiger partial charge in [-0.25, -0.2) is 0 Å². The van der Waals surface area contributed by atoms with Crippen molar-refractivity contribution in [1.82, 2.24) is 4.57 Å². The van der Waals surface area contributed by atoms with E-state index in [2.05, 4.69) is 0 Å². The molecule has 27 heavy (non-hydrogen) atoms. The molecule has 5 nitrogen and oxygen atoms in total. The number of amides is 1. The Hall–Kier alpha value is -2.44. The molecule has 0 spiro atoms. The molecule has 0 atom stereocenters. The first-order valence-corrected chi connectivity index (χ1v) is 10.1. The molecule has 0 fully saturated rings. The normalized spacial score (nSPS) is 10.9. The molecular formula is C20H19ClN2O3S. The molecule has 0 aliphatic heterocycles. The molecule has 3 aromatic rings. The fourth-order valence-corrected chi connectivity index (χ4v) is 3.62. The molecule has 0 unspecified atom stereocenters. The van der Waals surface area contributed by atoms with Crippen LogP contribution in [0.2, 0.25) is 5.02 Å². The van der Waals surface area contributed by atoms with E-state index in [-0.39, 0.29) is 16.3 Å². The number of aromatic hydroxyl groups is 1. The fourth-order valence-electron chi connectivity index (χ4n) is 3.00. The molecule has 1 heterocycles. The number of anilines is 1. The lowest BCUT2D eigenvalue weighted by molar-refractivity contribution is 0.0984. The predicted molar refractivity (Wildman–Crippen MR) is 112 cm³/mol. The Morgan fingerprint density at radius 1 is 1.19 bits per heavy atom. The van der Waals surface area contributed by atoms with Gasteiger partial charge in [-0.3, -0.25) is 9.59 Å². The van der Waals surface area contributed by atoms with Crippen LogP contribution in [0.25, 0.3) is 10.9 Å². The second kappa shape index (κ2) is 8.06. The molecule has 0 aliphatic rings. The van der Waals surface area contributed by atoms with Gasteiger partial charge in [0.2, 0.25) is 0 Å². The van der Waals surface area contributed by atoms with E-state index in [1.807, 2.05) is 24.5 Å². The fraction of sp³-hybridized carbons (Fsp3) is 0.200. The first-order valence-electron chi connectivity index (χ1n) is 8.33. The molecule has 0 bridgehead atoms. The quantitative estimate of drug-likeness (QED) is 0.702. The van der Waals surface area contributed by atoms with Crippen molar-refractivity contribution >= 4 is 45.9 Å². The van der Waals surface area contributed by atoms with Crippen LogP contribution in [0.5, 0.6) is 5.75 Å². The van der Waals surface area contributed by atoms with Crippen LogP contribution in [0.1, 0.15) is 10.4 Å². The number of aryl methyl sites for hydroxylation is 1. The number of nitrogens with zero attached hydrogens (tertiary/aromatic N) is 2. The van der Waals surface area contributed by atoms with Crippen molar-refractivity contribution in [3.05, 3.63) is 69.5 Å². The van der Waals surface area contributed by atoms with E-state index in [1.54, 1.807) is 49.1 Å². The molecule has 0 saturated carbocycles. The maximum atomic E-state index is 13.3. The number of hydrogen-bond acceptors (Lipinski definition) is 4. The Labute approximate surface area is 166 Å². The van der Waals surface area contributed by atoms with Gasteiger partial charge >= 0.3 is 0 Å². The first-order chi connectivity index (χ1) is 13.0. The van der Waals surface area contributed by atoms with Gasteiger partial charge in [-0.15, -0.1) is 0 Å². The van der Waals surface area contributed by atoms with Gasteiger partial charge in [-0.05, 0) is 30.5 Å². The van der Waals surface area contributed by atoms with Crippen LogP contribution in [0.4, 0.5) is 5.69 Å². The highest BCUT2D eigenvalue weighted by Crippen LogP contribution is 2.33. The van der Waals surface area contributed by atoms with Crippen molar-refractivity contribution in [1.29, 1.82) is 0 Å². The number of fused-ring (bicyclic) bond motifs is 1. The average Bonchev–Trinajstić information content (AvgIpc) is 2.67.